The molecule has 0 radical (unpaired) electrons. The van der Waals surface area contributed by atoms with E-state index in [-0.39, 0.29) is 23.8 Å². The summed E-state index contributed by atoms with van der Waals surface area (Å²) < 4.78 is 88.8. The Morgan fingerprint density at radius 2 is 1.82 bits per heavy atom. The van der Waals surface area contributed by atoms with Crippen molar-refractivity contribution in [2.75, 3.05) is 29.9 Å². The molecule has 1 unspecified atom stereocenters. The average molecular weight is 490 g/mol. The number of nitrogens with zero attached hydrogens (tertiary/aromatic N) is 5. The zero-order chi connectivity index (χ0) is 24.3. The van der Waals surface area contributed by atoms with Gasteiger partial charge in [-0.2, -0.15) is 31.3 Å². The van der Waals surface area contributed by atoms with Crippen molar-refractivity contribution in [2.24, 2.45) is 11.8 Å². The molecular formula is C20H20F6N6O2. The quantitative estimate of drug-likeness (QED) is 0.534. The summed E-state index contributed by atoms with van der Waals surface area (Å²) in [4.78, 5) is 6.15. The van der Waals surface area contributed by atoms with Crippen LogP contribution >= 0.6 is 0 Å². The lowest BCUT2D eigenvalue weighted by Gasteiger charge is -2.37. The predicted octanol–water partition coefficient (Wildman–Crippen LogP) is 4.31. The molecule has 0 spiro atoms. The van der Waals surface area contributed by atoms with E-state index in [4.69, 9.17) is 9.26 Å². The van der Waals surface area contributed by atoms with Crippen LogP contribution in [0.4, 0.5) is 38.2 Å². The molecule has 0 aromatic carbocycles. The number of aromatic nitrogens is 4. The van der Waals surface area contributed by atoms with Gasteiger partial charge in [-0.05, 0) is 43.7 Å². The Hall–Kier alpha value is -3.19. The first-order valence-electron chi connectivity index (χ1n) is 10.6. The number of pyridine rings is 1. The Labute approximate surface area is 188 Å². The van der Waals surface area contributed by atoms with Crippen LogP contribution in [0.5, 0.6) is 5.75 Å². The predicted molar refractivity (Wildman–Crippen MR) is 107 cm³/mol. The highest BCUT2D eigenvalue weighted by atomic mass is 19.4. The summed E-state index contributed by atoms with van der Waals surface area (Å²) in [5.74, 6) is 0.432. The molecule has 1 aliphatic heterocycles. The van der Waals surface area contributed by atoms with Crippen LogP contribution in [0.2, 0.25) is 0 Å². The largest absolute Gasteiger partial charge is 0.480 e. The number of rotatable bonds is 5. The van der Waals surface area contributed by atoms with Gasteiger partial charge in [-0.3, -0.25) is 0 Å². The van der Waals surface area contributed by atoms with Gasteiger partial charge >= 0.3 is 12.4 Å². The number of hydrogen-bond acceptors (Lipinski definition) is 7. The van der Waals surface area contributed by atoms with Gasteiger partial charge in [0.05, 0.1) is 5.69 Å². The third kappa shape index (κ3) is 4.32. The van der Waals surface area contributed by atoms with Gasteiger partial charge in [0.1, 0.15) is 5.69 Å². The number of ether oxygens (including phenoxy) is 1. The number of aryl methyl sites for hydroxylation is 1. The van der Waals surface area contributed by atoms with Crippen LogP contribution in [-0.2, 0) is 6.18 Å². The zero-order valence-corrected chi connectivity index (χ0v) is 17.8. The fraction of sp³-hybridized carbons (Fsp3) is 0.550. The average Bonchev–Trinajstić information content (AvgIpc) is 3.41. The minimum Gasteiger partial charge on any atom is -0.480 e. The van der Waals surface area contributed by atoms with Crippen LogP contribution in [0, 0.1) is 18.8 Å². The van der Waals surface area contributed by atoms with Gasteiger partial charge in [0.2, 0.25) is 11.8 Å². The number of alkyl halides is 6. The Morgan fingerprint density at radius 3 is 2.41 bits per heavy atom. The number of fused-ring (bicyclic) bond motifs is 3. The van der Waals surface area contributed by atoms with Crippen molar-refractivity contribution < 1.29 is 35.6 Å². The molecule has 5 rings (SSSR count). The fourth-order valence-corrected chi connectivity index (χ4v) is 4.77. The molecule has 184 valence electrons. The summed E-state index contributed by atoms with van der Waals surface area (Å²) in [7, 11) is 0. The van der Waals surface area contributed by atoms with Gasteiger partial charge in [-0.15, -0.1) is 5.10 Å². The molecule has 2 aliphatic rings. The second-order valence-electron chi connectivity index (χ2n) is 8.63. The SMILES string of the molecule is Cc1cc(N2C[C@H]3CC[C@@H](C2)C3Nc2nc3c(OCC(F)(F)F)ccc(C(F)(F)F)n3n2)on1. The molecule has 2 bridgehead atoms. The summed E-state index contributed by atoms with van der Waals surface area (Å²) in [5, 5.41) is 11.0. The number of hydrogen-bond donors (Lipinski definition) is 1. The Bertz CT molecular complexity index is 1170. The van der Waals surface area contributed by atoms with E-state index >= 15 is 0 Å². The number of halogens is 6. The van der Waals surface area contributed by atoms with Crippen LogP contribution in [0.15, 0.2) is 22.7 Å². The highest BCUT2D eigenvalue weighted by Gasteiger charge is 2.44. The minimum absolute atomic E-state index is 0.0978. The van der Waals surface area contributed by atoms with Crippen LogP contribution < -0.4 is 15.0 Å². The topological polar surface area (TPSA) is 80.7 Å². The van der Waals surface area contributed by atoms with Crippen molar-refractivity contribution in [3.63, 3.8) is 0 Å². The van der Waals surface area contributed by atoms with Crippen molar-refractivity contribution in [1.29, 1.82) is 0 Å². The molecule has 1 saturated heterocycles. The molecule has 2 fully saturated rings. The number of piperidine rings is 1. The van der Waals surface area contributed by atoms with E-state index in [2.05, 4.69) is 25.5 Å². The molecule has 1 N–H and O–H groups in total. The molecule has 8 nitrogen and oxygen atoms in total. The molecule has 3 aromatic rings. The summed E-state index contributed by atoms with van der Waals surface area (Å²) in [5.41, 5.74) is -0.843. The van der Waals surface area contributed by atoms with E-state index in [1.807, 2.05) is 13.0 Å². The van der Waals surface area contributed by atoms with Crippen molar-refractivity contribution in [1.82, 2.24) is 19.8 Å². The third-order valence-electron chi connectivity index (χ3n) is 6.19. The molecule has 3 aromatic heterocycles. The third-order valence-corrected chi connectivity index (χ3v) is 6.19. The van der Waals surface area contributed by atoms with Gasteiger partial charge in [0.25, 0.3) is 0 Å². The molecule has 1 aliphatic carbocycles. The van der Waals surface area contributed by atoms with Gasteiger partial charge in [-0.25, -0.2) is 4.52 Å². The van der Waals surface area contributed by atoms with E-state index in [1.54, 1.807) is 0 Å². The second-order valence-corrected chi connectivity index (χ2v) is 8.63. The number of anilines is 2. The summed E-state index contributed by atoms with van der Waals surface area (Å²) in [6, 6.07) is 3.19. The first-order valence-corrected chi connectivity index (χ1v) is 10.6. The molecule has 0 amide bonds. The maximum absolute atomic E-state index is 13.5. The van der Waals surface area contributed by atoms with Gasteiger partial charge in [0, 0.05) is 25.2 Å². The van der Waals surface area contributed by atoms with Crippen LogP contribution in [-0.4, -0.2) is 51.7 Å². The van der Waals surface area contributed by atoms with Crippen LogP contribution in [0.25, 0.3) is 5.65 Å². The number of nitrogens with one attached hydrogen (secondary N) is 1. The van der Waals surface area contributed by atoms with Gasteiger partial charge in [-0.1, -0.05) is 5.16 Å². The van der Waals surface area contributed by atoms with E-state index in [0.29, 0.717) is 29.6 Å². The Kier molecular flexibility index (Phi) is 5.28. The maximum Gasteiger partial charge on any atom is 0.433 e. The van der Waals surface area contributed by atoms with E-state index < -0.39 is 36.1 Å². The molecule has 34 heavy (non-hydrogen) atoms. The van der Waals surface area contributed by atoms with Crippen LogP contribution in [0.1, 0.15) is 24.2 Å². The van der Waals surface area contributed by atoms with Crippen molar-refractivity contribution in [2.45, 2.75) is 38.2 Å². The lowest BCUT2D eigenvalue weighted by Crippen LogP contribution is -2.48. The monoisotopic (exact) mass is 490 g/mol. The highest BCUT2D eigenvalue weighted by molar-refractivity contribution is 5.57. The molecule has 4 heterocycles. The lowest BCUT2D eigenvalue weighted by atomic mass is 9.92. The molecule has 14 heteroatoms. The summed E-state index contributed by atoms with van der Waals surface area (Å²) >= 11 is 0. The van der Waals surface area contributed by atoms with Crippen molar-refractivity contribution in [3.05, 3.63) is 29.6 Å². The summed E-state index contributed by atoms with van der Waals surface area (Å²) in [6.45, 7) is 1.48. The van der Waals surface area contributed by atoms with E-state index in [9.17, 15) is 26.3 Å². The lowest BCUT2D eigenvalue weighted by molar-refractivity contribution is -0.153. The van der Waals surface area contributed by atoms with E-state index in [0.717, 1.165) is 24.6 Å². The Balaban J connectivity index is 1.41. The fourth-order valence-electron chi connectivity index (χ4n) is 4.77. The molecule has 3 atom stereocenters. The van der Waals surface area contributed by atoms with Gasteiger partial charge in [0.15, 0.2) is 18.0 Å². The molecule has 1 saturated carbocycles. The maximum atomic E-state index is 13.5. The second kappa shape index (κ2) is 7.94. The normalized spacial score (nSPS) is 23.0. The molecular weight excluding hydrogens is 470 g/mol. The standard InChI is InChI=1S/C20H20F6N6O2/c1-10-6-15(34-30-10)31-7-11-2-3-12(8-31)16(11)27-18-28-17-13(33-9-19(21,22)23)4-5-14(20(24,25)26)32(17)29-18/h4-6,11-12,16H,2-3,7-9H2,1H3,(H,27,29)/t11-,12+,16?. The van der Waals surface area contributed by atoms with Crippen molar-refractivity contribution in [3.8, 4) is 5.75 Å². The smallest absolute Gasteiger partial charge is 0.433 e. The summed E-state index contributed by atoms with van der Waals surface area (Å²) in [6.07, 6.45) is -7.65. The first kappa shape index (κ1) is 22.6. The van der Waals surface area contributed by atoms with Gasteiger partial charge < -0.3 is 19.5 Å². The van der Waals surface area contributed by atoms with Crippen LogP contribution in [0.3, 0.4) is 0 Å². The first-order chi connectivity index (χ1) is 16.0. The van der Waals surface area contributed by atoms with Crippen molar-refractivity contribution >= 4 is 17.5 Å². The highest BCUT2D eigenvalue weighted by Crippen LogP contribution is 2.40. The minimum atomic E-state index is -4.79. The van der Waals surface area contributed by atoms with E-state index in [1.165, 1.54) is 0 Å². The Morgan fingerprint density at radius 1 is 1.12 bits per heavy atom. The zero-order valence-electron chi connectivity index (χ0n) is 17.8.